The SMILES string of the molecule is CN=C(Nc1cccc(O)c1)c1nc(C2CCCCCC2)[nH]c1C1(C)C=CC=CC1. The number of phenols is 1. The Balaban J connectivity index is 1.73. The molecule has 1 heterocycles. The molecule has 2 aliphatic rings. The summed E-state index contributed by atoms with van der Waals surface area (Å²) in [5.41, 5.74) is 2.62. The Morgan fingerprint density at radius 3 is 2.67 bits per heavy atom. The van der Waals surface area contributed by atoms with Gasteiger partial charge in [-0.15, -0.1) is 0 Å². The Bertz CT molecular complexity index is 963. The van der Waals surface area contributed by atoms with E-state index in [4.69, 9.17) is 4.98 Å². The zero-order valence-electron chi connectivity index (χ0n) is 18.0. The molecule has 1 atom stereocenters. The van der Waals surface area contributed by atoms with Gasteiger partial charge in [0, 0.05) is 30.1 Å². The first-order chi connectivity index (χ1) is 14.6. The summed E-state index contributed by atoms with van der Waals surface area (Å²) in [6.07, 6.45) is 17.2. The first kappa shape index (κ1) is 20.5. The van der Waals surface area contributed by atoms with Gasteiger partial charge in [0.25, 0.3) is 0 Å². The summed E-state index contributed by atoms with van der Waals surface area (Å²) in [7, 11) is 1.79. The maximum absolute atomic E-state index is 9.85. The minimum Gasteiger partial charge on any atom is -0.508 e. The zero-order valence-corrected chi connectivity index (χ0v) is 18.0. The van der Waals surface area contributed by atoms with E-state index in [1.165, 1.54) is 38.5 Å². The maximum Gasteiger partial charge on any atom is 0.153 e. The smallest absolute Gasteiger partial charge is 0.153 e. The molecule has 2 aliphatic carbocycles. The Morgan fingerprint density at radius 2 is 2.00 bits per heavy atom. The van der Waals surface area contributed by atoms with Gasteiger partial charge in [0.2, 0.25) is 0 Å². The van der Waals surface area contributed by atoms with Gasteiger partial charge in [-0.25, -0.2) is 4.98 Å². The van der Waals surface area contributed by atoms with Crippen LogP contribution in [0, 0.1) is 0 Å². The fourth-order valence-corrected chi connectivity index (χ4v) is 4.58. The number of hydrogen-bond acceptors (Lipinski definition) is 3. The number of nitrogens with one attached hydrogen (secondary N) is 2. The number of nitrogens with zero attached hydrogens (tertiary/aromatic N) is 2. The molecule has 3 N–H and O–H groups in total. The molecule has 4 rings (SSSR count). The van der Waals surface area contributed by atoms with Crippen molar-refractivity contribution in [3.8, 4) is 5.75 Å². The molecule has 2 aromatic rings. The summed E-state index contributed by atoms with van der Waals surface area (Å²) >= 11 is 0. The van der Waals surface area contributed by atoms with Crippen molar-refractivity contribution in [1.82, 2.24) is 9.97 Å². The lowest BCUT2D eigenvalue weighted by Gasteiger charge is -2.27. The van der Waals surface area contributed by atoms with Gasteiger partial charge in [0.05, 0.1) is 5.69 Å². The van der Waals surface area contributed by atoms with Crippen LogP contribution in [0.4, 0.5) is 5.69 Å². The molecule has 5 heteroatoms. The molecule has 0 amide bonds. The summed E-state index contributed by atoms with van der Waals surface area (Å²) in [6.45, 7) is 2.25. The minimum atomic E-state index is -0.156. The second-order valence-corrected chi connectivity index (χ2v) is 8.69. The molecular weight excluding hydrogens is 372 g/mol. The lowest BCUT2D eigenvalue weighted by molar-refractivity contribution is 0.475. The number of rotatable bonds is 4. The maximum atomic E-state index is 9.85. The van der Waals surface area contributed by atoms with Gasteiger partial charge < -0.3 is 15.4 Å². The summed E-state index contributed by atoms with van der Waals surface area (Å²) in [5.74, 6) is 2.51. The van der Waals surface area contributed by atoms with Gasteiger partial charge in [-0.05, 0) is 31.4 Å². The molecule has 0 radical (unpaired) electrons. The number of phenolic OH excluding ortho intramolecular Hbond substituents is 1. The molecular formula is C25H32N4O. The van der Waals surface area contributed by atoms with Crippen molar-refractivity contribution in [3.05, 3.63) is 65.8 Å². The Kier molecular flexibility index (Phi) is 6.07. The van der Waals surface area contributed by atoms with E-state index in [0.717, 1.165) is 35.2 Å². The van der Waals surface area contributed by atoms with E-state index in [1.807, 2.05) is 12.1 Å². The Labute approximate surface area is 179 Å². The van der Waals surface area contributed by atoms with E-state index in [-0.39, 0.29) is 11.2 Å². The number of anilines is 1. The number of aromatic amines is 1. The van der Waals surface area contributed by atoms with Crippen LogP contribution in [0.5, 0.6) is 5.75 Å². The predicted octanol–water partition coefficient (Wildman–Crippen LogP) is 5.82. The zero-order chi connectivity index (χ0) is 21.0. The highest BCUT2D eigenvalue weighted by Crippen LogP contribution is 2.37. The van der Waals surface area contributed by atoms with E-state index in [0.29, 0.717) is 5.92 Å². The third-order valence-electron chi connectivity index (χ3n) is 6.35. The highest BCUT2D eigenvalue weighted by atomic mass is 16.3. The molecule has 5 nitrogen and oxygen atoms in total. The van der Waals surface area contributed by atoms with Gasteiger partial charge in [-0.1, -0.05) is 63.0 Å². The Hall–Kier alpha value is -2.82. The van der Waals surface area contributed by atoms with Crippen LogP contribution in [0.25, 0.3) is 0 Å². The average molecular weight is 405 g/mol. The highest BCUT2D eigenvalue weighted by Gasteiger charge is 2.33. The van der Waals surface area contributed by atoms with Crippen LogP contribution < -0.4 is 5.32 Å². The molecule has 0 aliphatic heterocycles. The second kappa shape index (κ2) is 8.90. The number of H-pyrrole nitrogens is 1. The molecule has 1 aromatic carbocycles. The van der Waals surface area contributed by atoms with Crippen molar-refractivity contribution in [1.29, 1.82) is 0 Å². The number of amidine groups is 1. The fraction of sp³-hybridized carbons (Fsp3) is 0.440. The van der Waals surface area contributed by atoms with Crippen LogP contribution >= 0.6 is 0 Å². The molecule has 1 fully saturated rings. The average Bonchev–Trinajstić information content (AvgIpc) is 3.02. The summed E-state index contributed by atoms with van der Waals surface area (Å²) in [6, 6.07) is 7.12. The van der Waals surface area contributed by atoms with Gasteiger partial charge in [-0.3, -0.25) is 4.99 Å². The number of aromatic hydroxyl groups is 1. The van der Waals surface area contributed by atoms with Gasteiger partial charge in [0.1, 0.15) is 17.3 Å². The molecule has 0 bridgehead atoms. The summed E-state index contributed by atoms with van der Waals surface area (Å²) in [5, 5.41) is 13.2. The lowest BCUT2D eigenvalue weighted by atomic mass is 9.79. The Morgan fingerprint density at radius 1 is 1.20 bits per heavy atom. The van der Waals surface area contributed by atoms with Crippen molar-refractivity contribution >= 4 is 11.5 Å². The van der Waals surface area contributed by atoms with Crippen molar-refractivity contribution in [2.24, 2.45) is 4.99 Å². The number of aliphatic imine (C=N–C) groups is 1. The molecule has 158 valence electrons. The van der Waals surface area contributed by atoms with E-state index in [9.17, 15) is 5.11 Å². The minimum absolute atomic E-state index is 0.156. The van der Waals surface area contributed by atoms with Crippen LogP contribution in [-0.2, 0) is 5.41 Å². The van der Waals surface area contributed by atoms with Crippen LogP contribution in [0.2, 0.25) is 0 Å². The fourth-order valence-electron chi connectivity index (χ4n) is 4.58. The molecule has 1 saturated carbocycles. The molecule has 0 saturated heterocycles. The number of aromatic nitrogens is 2. The lowest BCUT2D eigenvalue weighted by Crippen LogP contribution is -2.25. The quantitative estimate of drug-likeness (QED) is 0.342. The molecule has 0 spiro atoms. The molecule has 1 aromatic heterocycles. The monoisotopic (exact) mass is 404 g/mol. The van der Waals surface area contributed by atoms with E-state index in [2.05, 4.69) is 46.5 Å². The highest BCUT2D eigenvalue weighted by molar-refractivity contribution is 6.08. The van der Waals surface area contributed by atoms with Crippen molar-refractivity contribution in [2.45, 2.75) is 63.2 Å². The number of allylic oxidation sites excluding steroid dienone is 4. The van der Waals surface area contributed by atoms with Crippen molar-refractivity contribution in [2.75, 3.05) is 12.4 Å². The van der Waals surface area contributed by atoms with E-state index in [1.54, 1.807) is 19.2 Å². The number of hydrogen-bond donors (Lipinski definition) is 3. The number of imidazole rings is 1. The largest absolute Gasteiger partial charge is 0.508 e. The van der Waals surface area contributed by atoms with Crippen molar-refractivity contribution < 1.29 is 5.11 Å². The number of benzene rings is 1. The first-order valence-electron chi connectivity index (χ1n) is 11.1. The van der Waals surface area contributed by atoms with E-state index < -0.39 is 0 Å². The molecule has 1 unspecified atom stereocenters. The standard InChI is InChI=1S/C25H32N4O/c1-25(15-8-5-9-16-25)22-21(24(26-2)27-19-13-10-14-20(30)17-19)28-23(29-22)18-11-6-3-4-7-12-18/h5,8-10,13-15,17-18,30H,3-4,6-7,11-12,16H2,1-2H3,(H,26,27)(H,28,29). The van der Waals surface area contributed by atoms with Crippen LogP contribution in [0.3, 0.4) is 0 Å². The molecule has 30 heavy (non-hydrogen) atoms. The van der Waals surface area contributed by atoms with Crippen LogP contribution in [-0.4, -0.2) is 28.0 Å². The van der Waals surface area contributed by atoms with Crippen LogP contribution in [0.1, 0.15) is 75.0 Å². The topological polar surface area (TPSA) is 73.3 Å². The predicted molar refractivity (Wildman–Crippen MR) is 123 cm³/mol. The summed E-state index contributed by atoms with van der Waals surface area (Å²) in [4.78, 5) is 13.4. The second-order valence-electron chi connectivity index (χ2n) is 8.69. The van der Waals surface area contributed by atoms with Crippen molar-refractivity contribution in [3.63, 3.8) is 0 Å². The van der Waals surface area contributed by atoms with Gasteiger partial charge >= 0.3 is 0 Å². The van der Waals surface area contributed by atoms with Crippen LogP contribution in [0.15, 0.2) is 53.6 Å². The van der Waals surface area contributed by atoms with Gasteiger partial charge in [-0.2, -0.15) is 0 Å². The summed E-state index contributed by atoms with van der Waals surface area (Å²) < 4.78 is 0. The third-order valence-corrected chi connectivity index (χ3v) is 6.35. The third kappa shape index (κ3) is 4.35. The first-order valence-corrected chi connectivity index (χ1v) is 11.1. The normalized spacial score (nSPS) is 22.8. The van der Waals surface area contributed by atoms with E-state index >= 15 is 0 Å². The van der Waals surface area contributed by atoms with Gasteiger partial charge in [0.15, 0.2) is 5.84 Å².